The van der Waals surface area contributed by atoms with Crippen LogP contribution in [0.1, 0.15) is 47.0 Å². The molecule has 2 aromatic rings. The number of hydrogen-bond acceptors (Lipinski definition) is 6. The molecule has 0 radical (unpaired) electrons. The van der Waals surface area contributed by atoms with Crippen LogP contribution in [0.15, 0.2) is 48.5 Å². The van der Waals surface area contributed by atoms with Crippen LogP contribution in [0.4, 0.5) is 11.4 Å². The molecule has 6 atom stereocenters. The van der Waals surface area contributed by atoms with Crippen molar-refractivity contribution < 1.29 is 29.0 Å². The van der Waals surface area contributed by atoms with Gasteiger partial charge in [-0.3, -0.25) is 14.4 Å². The average molecular weight is 584 g/mol. The summed E-state index contributed by atoms with van der Waals surface area (Å²) in [6, 6.07) is 12.3. The Hall–Kier alpha value is -3.14. The Morgan fingerprint density at radius 1 is 1.12 bits per heavy atom. The lowest BCUT2D eigenvalue weighted by molar-refractivity contribution is -0.147. The highest BCUT2D eigenvalue weighted by Gasteiger charge is 2.78. The number of aliphatic hydroxyl groups excluding tert-OH is 1. The van der Waals surface area contributed by atoms with Crippen LogP contribution < -0.4 is 15.4 Å². The van der Waals surface area contributed by atoms with Gasteiger partial charge in [-0.1, -0.05) is 37.6 Å². The van der Waals surface area contributed by atoms with E-state index < -0.39 is 41.0 Å². The third-order valence-corrected chi connectivity index (χ3v) is 8.99. The fourth-order valence-electron chi connectivity index (χ4n) is 7.06. The molecule has 0 aromatic heterocycles. The van der Waals surface area contributed by atoms with Gasteiger partial charge < -0.3 is 30.1 Å². The summed E-state index contributed by atoms with van der Waals surface area (Å²) in [5.41, 5.74) is -1.17. The molecule has 5 rings (SSSR count). The summed E-state index contributed by atoms with van der Waals surface area (Å²) < 4.78 is 12.2. The predicted octanol–water partition coefficient (Wildman–Crippen LogP) is 4.49. The SMILES string of the molecule is CCOc1ccc(NC(=O)[C@H]2[C@H]3C(=O)N([C@@H](CO)CC(C)C)C(C(=O)Nc4ccccc4Cl)C34CC[C@]2(C)O4)cc1. The number of nitrogens with zero attached hydrogens (tertiary/aromatic N) is 1. The Labute approximate surface area is 245 Å². The summed E-state index contributed by atoms with van der Waals surface area (Å²) in [5.74, 6) is -2.01. The van der Waals surface area contributed by atoms with Crippen LogP contribution in [0.25, 0.3) is 0 Å². The molecule has 9 nitrogen and oxygen atoms in total. The highest BCUT2D eigenvalue weighted by atomic mass is 35.5. The van der Waals surface area contributed by atoms with E-state index in [0.717, 1.165) is 0 Å². The first-order valence-electron chi connectivity index (χ1n) is 14.3. The van der Waals surface area contributed by atoms with Gasteiger partial charge in [-0.15, -0.1) is 0 Å². The Kier molecular flexibility index (Phi) is 8.07. The zero-order chi connectivity index (χ0) is 29.5. The molecule has 3 N–H and O–H groups in total. The van der Waals surface area contributed by atoms with E-state index in [9.17, 15) is 19.5 Å². The highest BCUT2D eigenvalue weighted by Crippen LogP contribution is 2.63. The Morgan fingerprint density at radius 3 is 2.46 bits per heavy atom. The van der Waals surface area contributed by atoms with Gasteiger partial charge in [0.05, 0.1) is 47.4 Å². The third-order valence-electron chi connectivity index (χ3n) is 8.66. The van der Waals surface area contributed by atoms with E-state index >= 15 is 0 Å². The largest absolute Gasteiger partial charge is 0.494 e. The van der Waals surface area contributed by atoms with Crippen molar-refractivity contribution in [1.82, 2.24) is 4.90 Å². The summed E-state index contributed by atoms with van der Waals surface area (Å²) in [4.78, 5) is 43.8. The number of hydrogen-bond donors (Lipinski definition) is 3. The van der Waals surface area contributed by atoms with Gasteiger partial charge in [-0.2, -0.15) is 0 Å². The number of nitrogens with one attached hydrogen (secondary N) is 2. The molecule has 2 unspecified atom stereocenters. The number of aliphatic hydroxyl groups is 1. The number of likely N-dealkylation sites (tertiary alicyclic amines) is 1. The maximum Gasteiger partial charge on any atom is 0.250 e. The van der Waals surface area contributed by atoms with E-state index in [1.807, 2.05) is 27.7 Å². The van der Waals surface area contributed by atoms with E-state index in [1.54, 1.807) is 48.5 Å². The third kappa shape index (κ3) is 5.08. The number of carbonyl (C=O) groups is 3. The van der Waals surface area contributed by atoms with Crippen LogP contribution in [0.5, 0.6) is 5.75 Å². The minimum atomic E-state index is -1.22. The molecule has 3 heterocycles. The molecule has 3 fully saturated rings. The number of ether oxygens (including phenoxy) is 2. The van der Waals surface area contributed by atoms with Gasteiger partial charge in [0, 0.05) is 5.69 Å². The number of carbonyl (C=O) groups excluding carboxylic acids is 3. The van der Waals surface area contributed by atoms with Gasteiger partial charge in [0.25, 0.3) is 0 Å². The van der Waals surface area contributed by atoms with E-state index in [2.05, 4.69) is 10.6 Å². The first kappa shape index (κ1) is 29.4. The van der Waals surface area contributed by atoms with Gasteiger partial charge in [-0.05, 0) is 75.4 Å². The zero-order valence-electron chi connectivity index (χ0n) is 23.9. The van der Waals surface area contributed by atoms with Crippen molar-refractivity contribution in [2.24, 2.45) is 17.8 Å². The number of halogens is 1. The fourth-order valence-corrected chi connectivity index (χ4v) is 7.25. The number of anilines is 2. The smallest absolute Gasteiger partial charge is 0.250 e. The molecule has 0 saturated carbocycles. The van der Waals surface area contributed by atoms with E-state index in [1.165, 1.54) is 4.90 Å². The summed E-state index contributed by atoms with van der Waals surface area (Å²) >= 11 is 6.35. The van der Waals surface area contributed by atoms with Crippen molar-refractivity contribution >= 4 is 40.7 Å². The minimum absolute atomic E-state index is 0.152. The summed E-state index contributed by atoms with van der Waals surface area (Å²) in [7, 11) is 0. The lowest BCUT2D eigenvalue weighted by atomic mass is 9.66. The van der Waals surface area contributed by atoms with Crippen molar-refractivity contribution in [2.45, 2.75) is 70.2 Å². The van der Waals surface area contributed by atoms with Crippen molar-refractivity contribution in [2.75, 3.05) is 23.8 Å². The molecule has 3 saturated heterocycles. The summed E-state index contributed by atoms with van der Waals surface area (Å²) in [6.45, 7) is 7.95. The molecular formula is C31H38ClN3O6. The maximum absolute atomic E-state index is 14.3. The van der Waals surface area contributed by atoms with E-state index in [4.69, 9.17) is 21.1 Å². The molecule has 220 valence electrons. The topological polar surface area (TPSA) is 117 Å². The van der Waals surface area contributed by atoms with Gasteiger partial charge in [0.2, 0.25) is 17.7 Å². The molecule has 1 spiro atoms. The number of amides is 3. The Morgan fingerprint density at radius 2 is 1.83 bits per heavy atom. The molecule has 2 bridgehead atoms. The maximum atomic E-state index is 14.3. The van der Waals surface area contributed by atoms with Crippen LogP contribution in [0.3, 0.4) is 0 Å². The molecule has 3 aliphatic heterocycles. The Bertz CT molecular complexity index is 1320. The highest BCUT2D eigenvalue weighted by molar-refractivity contribution is 6.33. The van der Waals surface area contributed by atoms with Gasteiger partial charge >= 0.3 is 0 Å². The monoisotopic (exact) mass is 583 g/mol. The van der Waals surface area contributed by atoms with Crippen LogP contribution >= 0.6 is 11.6 Å². The summed E-state index contributed by atoms with van der Waals surface area (Å²) in [5, 5.41) is 16.6. The van der Waals surface area contributed by atoms with Crippen molar-refractivity contribution in [3.8, 4) is 5.75 Å². The van der Waals surface area contributed by atoms with Crippen LogP contribution in [-0.2, 0) is 19.1 Å². The fraction of sp³-hybridized carbons (Fsp3) is 0.516. The Balaban J connectivity index is 1.51. The van der Waals surface area contributed by atoms with Gasteiger partial charge in [0.1, 0.15) is 17.4 Å². The quantitative estimate of drug-likeness (QED) is 0.379. The number of para-hydroxylation sites is 1. The minimum Gasteiger partial charge on any atom is -0.494 e. The molecule has 3 amide bonds. The molecule has 2 aromatic carbocycles. The molecule has 41 heavy (non-hydrogen) atoms. The predicted molar refractivity (Wildman–Crippen MR) is 156 cm³/mol. The van der Waals surface area contributed by atoms with Crippen LogP contribution in [-0.4, -0.2) is 64.2 Å². The average Bonchev–Trinajstić information content (AvgIpc) is 3.50. The first-order valence-corrected chi connectivity index (χ1v) is 14.6. The second-order valence-corrected chi connectivity index (χ2v) is 12.3. The van der Waals surface area contributed by atoms with Crippen LogP contribution in [0, 0.1) is 17.8 Å². The molecule has 3 aliphatic rings. The van der Waals surface area contributed by atoms with E-state index in [-0.39, 0.29) is 24.3 Å². The lowest BCUT2D eigenvalue weighted by Gasteiger charge is -2.37. The van der Waals surface area contributed by atoms with Gasteiger partial charge in [-0.25, -0.2) is 0 Å². The van der Waals surface area contributed by atoms with Crippen molar-refractivity contribution in [1.29, 1.82) is 0 Å². The second kappa shape index (κ2) is 11.3. The van der Waals surface area contributed by atoms with E-state index in [0.29, 0.717) is 48.0 Å². The normalized spacial score (nSPS) is 29.0. The molecule has 0 aliphatic carbocycles. The summed E-state index contributed by atoms with van der Waals surface area (Å²) in [6.07, 6.45) is 1.43. The van der Waals surface area contributed by atoms with Crippen molar-refractivity contribution in [3.05, 3.63) is 53.6 Å². The van der Waals surface area contributed by atoms with Crippen LogP contribution in [0.2, 0.25) is 5.02 Å². The number of fused-ring (bicyclic) bond motifs is 1. The lowest BCUT2D eigenvalue weighted by Crippen LogP contribution is -2.56. The first-order chi connectivity index (χ1) is 19.5. The van der Waals surface area contributed by atoms with Gasteiger partial charge in [0.15, 0.2) is 0 Å². The second-order valence-electron chi connectivity index (χ2n) is 11.9. The number of rotatable bonds is 10. The number of benzene rings is 2. The standard InChI is InChI=1S/C31H38ClN3O6/c1-5-40-21-12-10-19(11-13-21)33-27(37)24-25-29(39)35(20(17-36)16-18(2)3)26(31(25)15-14-30(24,4)41-31)28(38)34-23-9-7-6-8-22(23)32/h6-13,18,20,24-26,36H,5,14-17H2,1-4H3,(H,33,37)(H,34,38)/t20-,24-,25+,26?,30+,31?/m1/s1. The molecule has 10 heteroatoms. The molecular weight excluding hydrogens is 546 g/mol. The van der Waals surface area contributed by atoms with Crippen molar-refractivity contribution in [3.63, 3.8) is 0 Å². The zero-order valence-corrected chi connectivity index (χ0v) is 24.6.